The van der Waals surface area contributed by atoms with Crippen LogP contribution in [0.3, 0.4) is 0 Å². The van der Waals surface area contributed by atoms with Gasteiger partial charge in [0.05, 0.1) is 12.6 Å². The van der Waals surface area contributed by atoms with E-state index in [1.807, 2.05) is 32.0 Å². The molecule has 1 aromatic carbocycles. The Hall–Kier alpha value is -2.15. The van der Waals surface area contributed by atoms with E-state index in [0.717, 1.165) is 24.9 Å². The largest absolute Gasteiger partial charge is 0.357 e. The Balaban J connectivity index is 1.88. The lowest BCUT2D eigenvalue weighted by atomic mass is 10.1. The second-order valence-corrected chi connectivity index (χ2v) is 6.75. The molecule has 1 fully saturated rings. The fraction of sp³-hybridized carbons (Fsp3) is 0.579. The van der Waals surface area contributed by atoms with Crippen LogP contribution in [0.15, 0.2) is 29.3 Å². The number of halogens is 1. The number of nitrogens with zero attached hydrogens (tertiary/aromatic N) is 2. The fourth-order valence-electron chi connectivity index (χ4n) is 2.66. The predicted octanol–water partition coefficient (Wildman–Crippen LogP) is 1.51. The molecule has 1 amide bonds. The lowest BCUT2D eigenvalue weighted by Crippen LogP contribution is -2.42. The number of guanidine groups is 1. The summed E-state index contributed by atoms with van der Waals surface area (Å²) in [5.74, 6) is 0.822. The molecule has 2 rings (SSSR count). The molecule has 3 N–H and O–H groups in total. The van der Waals surface area contributed by atoms with Crippen molar-refractivity contribution in [1.82, 2.24) is 20.9 Å². The first-order chi connectivity index (χ1) is 12.5. The SMILES string of the molecule is CCNC(=NCC(c1cccc(F)c1)N(C)C)NCCNC(=O)C1CC1. The average Bonchev–Trinajstić information content (AvgIpc) is 3.43. The van der Waals surface area contributed by atoms with Gasteiger partial charge in [-0.2, -0.15) is 0 Å². The number of carbonyl (C=O) groups is 1. The highest BCUT2D eigenvalue weighted by Crippen LogP contribution is 2.28. The van der Waals surface area contributed by atoms with Crippen molar-refractivity contribution in [2.75, 3.05) is 40.3 Å². The Kier molecular flexibility index (Phi) is 7.84. The molecule has 0 aromatic heterocycles. The van der Waals surface area contributed by atoms with E-state index in [1.165, 1.54) is 6.07 Å². The lowest BCUT2D eigenvalue weighted by Gasteiger charge is -2.23. The topological polar surface area (TPSA) is 68.8 Å². The number of hydrogen-bond donors (Lipinski definition) is 3. The molecule has 144 valence electrons. The van der Waals surface area contributed by atoms with E-state index in [9.17, 15) is 9.18 Å². The van der Waals surface area contributed by atoms with Gasteiger partial charge in [0.25, 0.3) is 0 Å². The molecule has 0 saturated heterocycles. The minimum Gasteiger partial charge on any atom is -0.357 e. The Bertz CT molecular complexity index is 616. The number of carbonyl (C=O) groups excluding carboxylic acids is 1. The maximum absolute atomic E-state index is 13.5. The monoisotopic (exact) mass is 363 g/mol. The van der Waals surface area contributed by atoms with Crippen molar-refractivity contribution in [2.45, 2.75) is 25.8 Å². The zero-order chi connectivity index (χ0) is 18.9. The number of hydrogen-bond acceptors (Lipinski definition) is 3. The van der Waals surface area contributed by atoms with Crippen LogP contribution in [0.25, 0.3) is 0 Å². The van der Waals surface area contributed by atoms with Crippen molar-refractivity contribution >= 4 is 11.9 Å². The number of aliphatic imine (C=N–C) groups is 1. The number of rotatable bonds is 9. The van der Waals surface area contributed by atoms with Gasteiger partial charge >= 0.3 is 0 Å². The highest BCUT2D eigenvalue weighted by molar-refractivity contribution is 5.81. The Labute approximate surface area is 155 Å². The van der Waals surface area contributed by atoms with Crippen LogP contribution in [0.4, 0.5) is 4.39 Å². The first-order valence-electron chi connectivity index (χ1n) is 9.23. The van der Waals surface area contributed by atoms with E-state index in [0.29, 0.717) is 25.6 Å². The smallest absolute Gasteiger partial charge is 0.223 e. The quantitative estimate of drug-likeness (QED) is 0.353. The summed E-state index contributed by atoms with van der Waals surface area (Å²) in [5.41, 5.74) is 0.895. The summed E-state index contributed by atoms with van der Waals surface area (Å²) in [6, 6.07) is 6.61. The van der Waals surface area contributed by atoms with Gasteiger partial charge in [-0.1, -0.05) is 12.1 Å². The zero-order valence-electron chi connectivity index (χ0n) is 15.9. The second kappa shape index (κ2) is 10.1. The highest BCUT2D eigenvalue weighted by Gasteiger charge is 2.28. The number of benzene rings is 1. The van der Waals surface area contributed by atoms with Gasteiger partial charge in [0.1, 0.15) is 5.82 Å². The van der Waals surface area contributed by atoms with E-state index < -0.39 is 0 Å². The normalized spacial score (nSPS) is 15.7. The molecular weight excluding hydrogens is 333 g/mol. The van der Waals surface area contributed by atoms with E-state index in [-0.39, 0.29) is 23.7 Å². The minimum absolute atomic E-state index is 0.0178. The summed E-state index contributed by atoms with van der Waals surface area (Å²) in [6.07, 6.45) is 2.02. The average molecular weight is 363 g/mol. The van der Waals surface area contributed by atoms with Gasteiger partial charge in [0.2, 0.25) is 5.91 Å². The van der Waals surface area contributed by atoms with Crippen LogP contribution in [0.2, 0.25) is 0 Å². The Morgan fingerprint density at radius 3 is 2.62 bits per heavy atom. The molecule has 0 heterocycles. The predicted molar refractivity (Wildman–Crippen MR) is 103 cm³/mol. The van der Waals surface area contributed by atoms with Crippen LogP contribution in [-0.2, 0) is 4.79 Å². The number of amides is 1. The van der Waals surface area contributed by atoms with Gasteiger partial charge < -0.3 is 20.9 Å². The molecule has 1 aliphatic rings. The molecule has 7 heteroatoms. The molecule has 0 radical (unpaired) electrons. The van der Waals surface area contributed by atoms with Gasteiger partial charge in [-0.25, -0.2) is 4.39 Å². The molecule has 1 aliphatic carbocycles. The van der Waals surface area contributed by atoms with Crippen molar-refractivity contribution in [3.05, 3.63) is 35.6 Å². The third-order valence-electron chi connectivity index (χ3n) is 4.29. The summed E-state index contributed by atoms with van der Waals surface area (Å²) in [7, 11) is 3.91. The van der Waals surface area contributed by atoms with Gasteiger partial charge in [0.15, 0.2) is 5.96 Å². The third-order valence-corrected chi connectivity index (χ3v) is 4.29. The first kappa shape index (κ1) is 20.2. The molecule has 26 heavy (non-hydrogen) atoms. The summed E-state index contributed by atoms with van der Waals surface area (Å²) in [4.78, 5) is 18.3. The minimum atomic E-state index is -0.241. The van der Waals surface area contributed by atoms with Gasteiger partial charge in [-0.3, -0.25) is 9.79 Å². The van der Waals surface area contributed by atoms with Crippen LogP contribution < -0.4 is 16.0 Å². The molecule has 1 aromatic rings. The van der Waals surface area contributed by atoms with E-state index in [1.54, 1.807) is 12.1 Å². The van der Waals surface area contributed by atoms with Crippen molar-refractivity contribution in [1.29, 1.82) is 0 Å². The molecule has 6 nitrogen and oxygen atoms in total. The second-order valence-electron chi connectivity index (χ2n) is 6.75. The number of nitrogens with one attached hydrogen (secondary N) is 3. The standard InChI is InChI=1S/C19H30FN5O/c1-4-21-19(23-11-10-22-18(26)14-8-9-14)24-13-17(25(2)3)15-6-5-7-16(20)12-15/h5-7,12,14,17H,4,8-11,13H2,1-3H3,(H,22,26)(H2,21,23,24). The van der Waals surface area contributed by atoms with Crippen LogP contribution in [0.1, 0.15) is 31.4 Å². The van der Waals surface area contributed by atoms with Crippen LogP contribution in [-0.4, -0.2) is 57.0 Å². The van der Waals surface area contributed by atoms with Crippen LogP contribution >= 0.6 is 0 Å². The van der Waals surface area contributed by atoms with E-state index in [4.69, 9.17) is 0 Å². The molecule has 1 saturated carbocycles. The molecule has 1 atom stereocenters. The van der Waals surface area contributed by atoms with Crippen molar-refractivity contribution in [2.24, 2.45) is 10.9 Å². The van der Waals surface area contributed by atoms with Crippen LogP contribution in [0, 0.1) is 11.7 Å². The summed E-state index contributed by atoms with van der Waals surface area (Å²) >= 11 is 0. The first-order valence-corrected chi connectivity index (χ1v) is 9.23. The maximum Gasteiger partial charge on any atom is 0.223 e. The van der Waals surface area contributed by atoms with Crippen molar-refractivity contribution in [3.63, 3.8) is 0 Å². The van der Waals surface area contributed by atoms with Gasteiger partial charge in [-0.05, 0) is 51.6 Å². The van der Waals surface area contributed by atoms with Crippen molar-refractivity contribution in [3.8, 4) is 0 Å². The van der Waals surface area contributed by atoms with E-state index >= 15 is 0 Å². The van der Waals surface area contributed by atoms with Crippen LogP contribution in [0.5, 0.6) is 0 Å². The fourth-order valence-corrected chi connectivity index (χ4v) is 2.66. The maximum atomic E-state index is 13.5. The molecule has 0 bridgehead atoms. The molecular formula is C19H30FN5O. The molecule has 0 spiro atoms. The highest BCUT2D eigenvalue weighted by atomic mass is 19.1. The lowest BCUT2D eigenvalue weighted by molar-refractivity contribution is -0.122. The molecule has 1 unspecified atom stereocenters. The summed E-state index contributed by atoms with van der Waals surface area (Å²) in [6.45, 7) is 4.42. The van der Waals surface area contributed by atoms with Crippen molar-refractivity contribution < 1.29 is 9.18 Å². The molecule has 0 aliphatic heterocycles. The Morgan fingerprint density at radius 1 is 1.27 bits per heavy atom. The van der Waals surface area contributed by atoms with Gasteiger partial charge in [-0.15, -0.1) is 0 Å². The van der Waals surface area contributed by atoms with E-state index in [2.05, 4.69) is 20.9 Å². The third kappa shape index (κ3) is 6.63. The number of likely N-dealkylation sites (N-methyl/N-ethyl adjacent to an activating group) is 1. The Morgan fingerprint density at radius 2 is 2.00 bits per heavy atom. The summed E-state index contributed by atoms with van der Waals surface area (Å²) in [5, 5.41) is 9.34. The summed E-state index contributed by atoms with van der Waals surface area (Å²) < 4.78 is 13.5. The zero-order valence-corrected chi connectivity index (χ0v) is 15.9. The van der Waals surface area contributed by atoms with Gasteiger partial charge in [0, 0.05) is 25.6 Å².